The molecule has 0 saturated carbocycles. The second kappa shape index (κ2) is 5.87. The summed E-state index contributed by atoms with van der Waals surface area (Å²) >= 11 is 1.70. The monoisotopic (exact) mass is 292 g/mol. The maximum absolute atomic E-state index is 11.5. The van der Waals surface area contributed by atoms with E-state index in [1.54, 1.807) is 11.3 Å². The number of ether oxygens (including phenoxy) is 2. The van der Waals surface area contributed by atoms with Crippen LogP contribution in [-0.4, -0.2) is 48.8 Å². The van der Waals surface area contributed by atoms with Crippen molar-refractivity contribution in [3.63, 3.8) is 0 Å². The number of methoxy groups -OCH3 is 1. The van der Waals surface area contributed by atoms with Gasteiger partial charge in [-0.05, 0) is 12.1 Å². The van der Waals surface area contributed by atoms with E-state index in [0.29, 0.717) is 13.2 Å². The van der Waals surface area contributed by atoms with E-state index in [0.717, 1.165) is 23.6 Å². The summed E-state index contributed by atoms with van der Waals surface area (Å²) in [5, 5.41) is 1.07. The third-order valence-electron chi connectivity index (χ3n) is 3.31. The normalized spacial score (nSPS) is 20.1. The first-order valence-electron chi connectivity index (χ1n) is 6.52. The summed E-state index contributed by atoms with van der Waals surface area (Å²) in [4.78, 5) is 18.3. The van der Waals surface area contributed by atoms with Gasteiger partial charge in [-0.2, -0.15) is 0 Å². The Bertz CT molecular complexity index is 580. The van der Waals surface area contributed by atoms with Gasteiger partial charge in [0.05, 0.1) is 30.5 Å². The average Bonchev–Trinajstić information content (AvgIpc) is 2.88. The number of fused-ring (bicyclic) bond motifs is 1. The van der Waals surface area contributed by atoms with E-state index < -0.39 is 6.10 Å². The first kappa shape index (κ1) is 13.5. The number of hydrogen-bond donors (Lipinski definition) is 0. The SMILES string of the molecule is COC(=O)C1CN(Cc2nc3ccccc3s2)CCO1. The molecule has 2 aromatic rings. The van der Waals surface area contributed by atoms with Gasteiger partial charge in [0.2, 0.25) is 0 Å². The van der Waals surface area contributed by atoms with E-state index >= 15 is 0 Å². The summed E-state index contributed by atoms with van der Waals surface area (Å²) in [6.07, 6.45) is -0.483. The minimum atomic E-state index is -0.483. The number of aromatic nitrogens is 1. The van der Waals surface area contributed by atoms with Gasteiger partial charge in [-0.25, -0.2) is 9.78 Å². The van der Waals surface area contributed by atoms with Crippen LogP contribution < -0.4 is 0 Å². The van der Waals surface area contributed by atoms with Crippen molar-refractivity contribution < 1.29 is 14.3 Å². The second-order valence-corrected chi connectivity index (χ2v) is 5.81. The van der Waals surface area contributed by atoms with Crippen LogP contribution in [0.3, 0.4) is 0 Å². The lowest BCUT2D eigenvalue weighted by Crippen LogP contribution is -2.46. The molecular weight excluding hydrogens is 276 g/mol. The number of benzene rings is 1. The molecule has 1 unspecified atom stereocenters. The molecule has 1 aromatic carbocycles. The highest BCUT2D eigenvalue weighted by atomic mass is 32.1. The van der Waals surface area contributed by atoms with Crippen molar-refractivity contribution in [1.29, 1.82) is 0 Å². The van der Waals surface area contributed by atoms with E-state index in [9.17, 15) is 4.79 Å². The van der Waals surface area contributed by atoms with Crippen molar-refractivity contribution in [3.8, 4) is 0 Å². The zero-order valence-corrected chi connectivity index (χ0v) is 12.1. The third kappa shape index (κ3) is 2.82. The zero-order chi connectivity index (χ0) is 13.9. The summed E-state index contributed by atoms with van der Waals surface area (Å²) < 4.78 is 11.4. The lowest BCUT2D eigenvalue weighted by Gasteiger charge is -2.30. The fourth-order valence-electron chi connectivity index (χ4n) is 2.30. The highest BCUT2D eigenvalue weighted by Gasteiger charge is 2.27. The predicted molar refractivity (Wildman–Crippen MR) is 76.7 cm³/mol. The fourth-order valence-corrected chi connectivity index (χ4v) is 3.31. The van der Waals surface area contributed by atoms with Crippen molar-refractivity contribution >= 4 is 27.5 Å². The molecule has 0 spiro atoms. The highest BCUT2D eigenvalue weighted by Crippen LogP contribution is 2.23. The summed E-state index contributed by atoms with van der Waals surface area (Å²) in [6.45, 7) is 2.66. The number of morpholine rings is 1. The Morgan fingerprint density at radius 2 is 2.40 bits per heavy atom. The predicted octanol–water partition coefficient (Wildman–Crippen LogP) is 1.67. The third-order valence-corrected chi connectivity index (χ3v) is 4.33. The Hall–Kier alpha value is -1.50. The van der Waals surface area contributed by atoms with Gasteiger partial charge in [-0.1, -0.05) is 12.1 Å². The molecule has 1 aliphatic rings. The van der Waals surface area contributed by atoms with Crippen molar-refractivity contribution in [3.05, 3.63) is 29.3 Å². The largest absolute Gasteiger partial charge is 0.467 e. The van der Waals surface area contributed by atoms with Gasteiger partial charge < -0.3 is 9.47 Å². The number of para-hydroxylation sites is 1. The van der Waals surface area contributed by atoms with Crippen LogP contribution in [0.5, 0.6) is 0 Å². The molecule has 3 rings (SSSR count). The molecule has 20 heavy (non-hydrogen) atoms. The van der Waals surface area contributed by atoms with Crippen molar-refractivity contribution in [2.24, 2.45) is 0 Å². The average molecular weight is 292 g/mol. The molecule has 6 heteroatoms. The van der Waals surface area contributed by atoms with Crippen LogP contribution in [0.15, 0.2) is 24.3 Å². The van der Waals surface area contributed by atoms with Gasteiger partial charge >= 0.3 is 5.97 Å². The van der Waals surface area contributed by atoms with Gasteiger partial charge in [-0.15, -0.1) is 11.3 Å². The van der Waals surface area contributed by atoms with Gasteiger partial charge in [0, 0.05) is 13.1 Å². The number of thiazole rings is 1. The van der Waals surface area contributed by atoms with E-state index in [-0.39, 0.29) is 5.97 Å². The number of esters is 1. The molecule has 0 aliphatic carbocycles. The van der Waals surface area contributed by atoms with Crippen LogP contribution in [-0.2, 0) is 20.8 Å². The maximum Gasteiger partial charge on any atom is 0.336 e. The highest BCUT2D eigenvalue weighted by molar-refractivity contribution is 7.18. The number of hydrogen-bond acceptors (Lipinski definition) is 6. The van der Waals surface area contributed by atoms with Crippen LogP contribution in [0.1, 0.15) is 5.01 Å². The summed E-state index contributed by atoms with van der Waals surface area (Å²) in [6, 6.07) is 8.11. The molecule has 0 radical (unpaired) electrons. The summed E-state index contributed by atoms with van der Waals surface area (Å²) in [7, 11) is 1.39. The topological polar surface area (TPSA) is 51.7 Å². The second-order valence-electron chi connectivity index (χ2n) is 4.69. The Morgan fingerprint density at radius 1 is 1.55 bits per heavy atom. The number of rotatable bonds is 3. The molecule has 1 aliphatic heterocycles. The summed E-state index contributed by atoms with van der Waals surface area (Å²) in [5.74, 6) is -0.306. The summed E-state index contributed by atoms with van der Waals surface area (Å²) in [5.41, 5.74) is 1.03. The van der Waals surface area contributed by atoms with Crippen molar-refractivity contribution in [1.82, 2.24) is 9.88 Å². The number of nitrogens with zero attached hydrogens (tertiary/aromatic N) is 2. The Labute approximate surface area is 121 Å². The van der Waals surface area contributed by atoms with Crippen molar-refractivity contribution in [2.75, 3.05) is 26.8 Å². The molecule has 1 atom stereocenters. The number of carbonyl (C=O) groups is 1. The Morgan fingerprint density at radius 3 is 3.20 bits per heavy atom. The van der Waals surface area contributed by atoms with E-state index in [4.69, 9.17) is 9.47 Å². The first-order valence-corrected chi connectivity index (χ1v) is 7.34. The lowest BCUT2D eigenvalue weighted by molar-refractivity contribution is -0.160. The Kier molecular flexibility index (Phi) is 3.95. The van der Waals surface area contributed by atoms with Crippen LogP contribution >= 0.6 is 11.3 Å². The van der Waals surface area contributed by atoms with Crippen molar-refractivity contribution in [2.45, 2.75) is 12.6 Å². The molecular formula is C14H16N2O3S. The minimum Gasteiger partial charge on any atom is -0.467 e. The molecule has 0 amide bonds. The molecule has 1 fully saturated rings. The van der Waals surface area contributed by atoms with Gasteiger partial charge in [0.25, 0.3) is 0 Å². The van der Waals surface area contributed by atoms with E-state index in [1.165, 1.54) is 11.8 Å². The maximum atomic E-state index is 11.5. The Balaban J connectivity index is 1.69. The molecule has 1 saturated heterocycles. The molecule has 2 heterocycles. The standard InChI is InChI=1S/C14H16N2O3S/c1-18-14(17)11-8-16(6-7-19-11)9-13-15-10-4-2-3-5-12(10)20-13/h2-5,11H,6-9H2,1H3. The minimum absolute atomic E-state index is 0.306. The molecule has 1 aromatic heterocycles. The van der Waals surface area contributed by atoms with Gasteiger partial charge in [0.15, 0.2) is 6.10 Å². The van der Waals surface area contributed by atoms with E-state index in [1.807, 2.05) is 18.2 Å². The molecule has 106 valence electrons. The number of carbonyl (C=O) groups excluding carboxylic acids is 1. The zero-order valence-electron chi connectivity index (χ0n) is 11.2. The van der Waals surface area contributed by atoms with Crippen LogP contribution in [0.4, 0.5) is 0 Å². The molecule has 0 N–H and O–H groups in total. The fraction of sp³-hybridized carbons (Fsp3) is 0.429. The molecule has 0 bridgehead atoms. The van der Waals surface area contributed by atoms with E-state index in [2.05, 4.69) is 16.0 Å². The van der Waals surface area contributed by atoms with Crippen LogP contribution in [0, 0.1) is 0 Å². The molecule has 5 nitrogen and oxygen atoms in total. The van der Waals surface area contributed by atoms with Crippen LogP contribution in [0.2, 0.25) is 0 Å². The van der Waals surface area contributed by atoms with Gasteiger partial charge in [-0.3, -0.25) is 4.90 Å². The van der Waals surface area contributed by atoms with Crippen LogP contribution in [0.25, 0.3) is 10.2 Å². The first-order chi connectivity index (χ1) is 9.76. The quantitative estimate of drug-likeness (QED) is 0.806. The van der Waals surface area contributed by atoms with Gasteiger partial charge in [0.1, 0.15) is 5.01 Å². The smallest absolute Gasteiger partial charge is 0.336 e. The lowest BCUT2D eigenvalue weighted by atomic mass is 10.2.